The highest BCUT2D eigenvalue weighted by molar-refractivity contribution is 6.30. The third-order valence-electron chi connectivity index (χ3n) is 2.99. The van der Waals surface area contributed by atoms with Gasteiger partial charge in [0.1, 0.15) is 0 Å². The molecule has 0 unspecified atom stereocenters. The number of anilines is 1. The second-order valence-electron chi connectivity index (χ2n) is 5.78. The Hall–Kier alpha value is -0.770. The minimum Gasteiger partial charge on any atom is -0.398 e. The Bertz CT molecular complexity index is 391. The zero-order valence-electron chi connectivity index (χ0n) is 12.5. The van der Waals surface area contributed by atoms with E-state index < -0.39 is 0 Å². The van der Waals surface area contributed by atoms with E-state index in [4.69, 9.17) is 17.3 Å². The first-order valence-corrected chi connectivity index (χ1v) is 7.17. The molecule has 0 atom stereocenters. The van der Waals surface area contributed by atoms with Crippen LogP contribution in [0.4, 0.5) is 5.69 Å². The second kappa shape index (κ2) is 7.73. The fourth-order valence-electron chi connectivity index (χ4n) is 2.04. The van der Waals surface area contributed by atoms with Gasteiger partial charge in [0.05, 0.1) is 0 Å². The molecule has 1 rings (SSSR count). The van der Waals surface area contributed by atoms with E-state index in [0.29, 0.717) is 10.9 Å². The van der Waals surface area contributed by atoms with Gasteiger partial charge < -0.3 is 10.6 Å². The molecule has 0 heterocycles. The zero-order chi connectivity index (χ0) is 14.4. The van der Waals surface area contributed by atoms with Crippen LogP contribution in [-0.2, 0) is 6.54 Å². The molecule has 19 heavy (non-hydrogen) atoms. The van der Waals surface area contributed by atoms with E-state index in [1.807, 2.05) is 18.2 Å². The van der Waals surface area contributed by atoms with Gasteiger partial charge in [-0.25, -0.2) is 0 Å². The fraction of sp³-hybridized carbons (Fsp3) is 0.600. The molecule has 0 fully saturated rings. The first kappa shape index (κ1) is 16.3. The minimum atomic E-state index is 0.649. The number of nitrogens with zero attached hydrogens (tertiary/aromatic N) is 2. The lowest BCUT2D eigenvalue weighted by atomic mass is 10.1. The molecule has 0 aliphatic heterocycles. The van der Waals surface area contributed by atoms with E-state index >= 15 is 0 Å². The van der Waals surface area contributed by atoms with E-state index in [9.17, 15) is 0 Å². The summed E-state index contributed by atoms with van der Waals surface area (Å²) in [5.41, 5.74) is 7.97. The highest BCUT2D eigenvalue weighted by Crippen LogP contribution is 2.20. The molecule has 0 aliphatic carbocycles. The van der Waals surface area contributed by atoms with Crippen LogP contribution in [0.3, 0.4) is 0 Å². The maximum atomic E-state index is 6.03. The number of benzene rings is 1. The van der Waals surface area contributed by atoms with Crippen LogP contribution in [-0.4, -0.2) is 43.5 Å². The molecule has 0 saturated heterocycles. The standard InChI is InChI=1S/C15H26ClN3/c1-12(2)10-19(8-7-18(3)4)11-13-5-6-14(16)9-15(13)17/h5-6,9,12H,7-8,10-11,17H2,1-4H3. The van der Waals surface area contributed by atoms with Crippen molar-refractivity contribution in [1.82, 2.24) is 9.80 Å². The van der Waals surface area contributed by atoms with Crippen LogP contribution in [0.5, 0.6) is 0 Å². The molecule has 0 aromatic heterocycles. The number of halogens is 1. The summed E-state index contributed by atoms with van der Waals surface area (Å²) in [5, 5.41) is 0.699. The van der Waals surface area contributed by atoms with Crippen LogP contribution in [0.15, 0.2) is 18.2 Å². The number of nitrogens with two attached hydrogens (primary N) is 1. The van der Waals surface area contributed by atoms with Gasteiger partial charge in [-0.3, -0.25) is 4.90 Å². The molecule has 0 amide bonds. The quantitative estimate of drug-likeness (QED) is 0.781. The average molecular weight is 284 g/mol. The number of hydrogen-bond donors (Lipinski definition) is 1. The predicted octanol–water partition coefficient (Wildman–Crippen LogP) is 2.94. The van der Waals surface area contributed by atoms with Gasteiger partial charge >= 0.3 is 0 Å². The van der Waals surface area contributed by atoms with Gasteiger partial charge in [0.2, 0.25) is 0 Å². The Morgan fingerprint density at radius 2 is 1.89 bits per heavy atom. The summed E-state index contributed by atoms with van der Waals surface area (Å²) in [6.45, 7) is 8.56. The van der Waals surface area contributed by atoms with Crippen molar-refractivity contribution in [3.8, 4) is 0 Å². The van der Waals surface area contributed by atoms with Gasteiger partial charge in [-0.05, 0) is 37.7 Å². The van der Waals surface area contributed by atoms with Crippen LogP contribution >= 0.6 is 11.6 Å². The third kappa shape index (κ3) is 6.28. The summed E-state index contributed by atoms with van der Waals surface area (Å²) >= 11 is 5.94. The van der Waals surface area contributed by atoms with Crippen molar-refractivity contribution >= 4 is 17.3 Å². The van der Waals surface area contributed by atoms with Gasteiger partial charge in [0, 0.05) is 36.9 Å². The Kier molecular flexibility index (Phi) is 6.63. The normalized spacial score (nSPS) is 11.8. The van der Waals surface area contributed by atoms with Crippen molar-refractivity contribution < 1.29 is 0 Å². The summed E-state index contributed by atoms with van der Waals surface area (Å²) in [6, 6.07) is 5.77. The SMILES string of the molecule is CC(C)CN(CCN(C)C)Cc1ccc(Cl)cc1N. The van der Waals surface area contributed by atoms with Crippen LogP contribution in [0.25, 0.3) is 0 Å². The van der Waals surface area contributed by atoms with Gasteiger partial charge in [0.25, 0.3) is 0 Å². The van der Waals surface area contributed by atoms with E-state index in [1.54, 1.807) is 0 Å². The molecule has 4 heteroatoms. The lowest BCUT2D eigenvalue weighted by Crippen LogP contribution is -2.34. The topological polar surface area (TPSA) is 32.5 Å². The number of hydrogen-bond acceptors (Lipinski definition) is 3. The van der Waals surface area contributed by atoms with Crippen LogP contribution in [0.1, 0.15) is 19.4 Å². The van der Waals surface area contributed by atoms with Crippen molar-refractivity contribution in [3.05, 3.63) is 28.8 Å². The molecule has 3 nitrogen and oxygen atoms in total. The Balaban J connectivity index is 2.69. The first-order chi connectivity index (χ1) is 8.88. The summed E-state index contributed by atoms with van der Waals surface area (Å²) in [6.07, 6.45) is 0. The molecular weight excluding hydrogens is 258 g/mol. The first-order valence-electron chi connectivity index (χ1n) is 6.79. The van der Waals surface area contributed by atoms with Crippen LogP contribution in [0, 0.1) is 5.92 Å². The molecule has 1 aromatic rings. The van der Waals surface area contributed by atoms with Crippen LogP contribution < -0.4 is 5.73 Å². The molecular formula is C15H26ClN3. The van der Waals surface area contributed by atoms with Crippen molar-refractivity contribution in [2.45, 2.75) is 20.4 Å². The number of nitrogen functional groups attached to an aromatic ring is 1. The highest BCUT2D eigenvalue weighted by atomic mass is 35.5. The van der Waals surface area contributed by atoms with Gasteiger partial charge in [0.15, 0.2) is 0 Å². The minimum absolute atomic E-state index is 0.649. The molecule has 0 aliphatic rings. The molecule has 0 bridgehead atoms. The summed E-state index contributed by atoms with van der Waals surface area (Å²) in [5.74, 6) is 0.649. The summed E-state index contributed by atoms with van der Waals surface area (Å²) < 4.78 is 0. The smallest absolute Gasteiger partial charge is 0.0426 e. The molecule has 0 radical (unpaired) electrons. The molecule has 0 spiro atoms. The lowest BCUT2D eigenvalue weighted by molar-refractivity contribution is 0.212. The fourth-order valence-corrected chi connectivity index (χ4v) is 2.22. The van der Waals surface area contributed by atoms with Crippen molar-refractivity contribution in [2.24, 2.45) is 5.92 Å². The zero-order valence-corrected chi connectivity index (χ0v) is 13.2. The monoisotopic (exact) mass is 283 g/mol. The van der Waals surface area contributed by atoms with Crippen LogP contribution in [0.2, 0.25) is 5.02 Å². The number of rotatable bonds is 7. The van der Waals surface area contributed by atoms with Crippen molar-refractivity contribution in [2.75, 3.05) is 39.5 Å². The molecule has 1 aromatic carbocycles. The molecule has 0 saturated carbocycles. The second-order valence-corrected chi connectivity index (χ2v) is 6.21. The third-order valence-corrected chi connectivity index (χ3v) is 3.22. The molecule has 108 valence electrons. The van der Waals surface area contributed by atoms with Gasteiger partial charge in [-0.15, -0.1) is 0 Å². The maximum Gasteiger partial charge on any atom is 0.0426 e. The van der Waals surface area contributed by atoms with E-state index in [2.05, 4.69) is 37.7 Å². The van der Waals surface area contributed by atoms with E-state index in [1.165, 1.54) is 0 Å². The predicted molar refractivity (Wildman–Crippen MR) is 84.5 cm³/mol. The van der Waals surface area contributed by atoms with Gasteiger partial charge in [-0.1, -0.05) is 31.5 Å². The summed E-state index contributed by atoms with van der Waals surface area (Å²) in [4.78, 5) is 4.66. The van der Waals surface area contributed by atoms with Crippen molar-refractivity contribution in [3.63, 3.8) is 0 Å². The Morgan fingerprint density at radius 1 is 1.21 bits per heavy atom. The Morgan fingerprint density at radius 3 is 2.42 bits per heavy atom. The molecule has 2 N–H and O–H groups in total. The summed E-state index contributed by atoms with van der Waals surface area (Å²) in [7, 11) is 4.20. The van der Waals surface area contributed by atoms with Crippen molar-refractivity contribution in [1.29, 1.82) is 0 Å². The number of likely N-dealkylation sites (N-methyl/N-ethyl adjacent to an activating group) is 1. The largest absolute Gasteiger partial charge is 0.398 e. The highest BCUT2D eigenvalue weighted by Gasteiger charge is 2.10. The Labute approximate surface area is 122 Å². The maximum absolute atomic E-state index is 6.03. The lowest BCUT2D eigenvalue weighted by Gasteiger charge is -2.26. The van der Waals surface area contributed by atoms with E-state index in [0.717, 1.165) is 37.4 Å². The average Bonchev–Trinajstić information content (AvgIpc) is 2.28. The van der Waals surface area contributed by atoms with E-state index in [-0.39, 0.29) is 0 Å². The van der Waals surface area contributed by atoms with Gasteiger partial charge in [-0.2, -0.15) is 0 Å².